The summed E-state index contributed by atoms with van der Waals surface area (Å²) < 4.78 is 0. The molecule has 0 saturated heterocycles. The van der Waals surface area contributed by atoms with Crippen molar-refractivity contribution in [2.45, 2.75) is 13.3 Å². The number of aromatic nitrogens is 2. The summed E-state index contributed by atoms with van der Waals surface area (Å²) >= 11 is 3.10. The zero-order valence-corrected chi connectivity index (χ0v) is 14.7. The molecule has 3 aromatic heterocycles. The molecule has 0 aliphatic heterocycles. The molecule has 0 saturated carbocycles. The molecule has 0 unspecified atom stereocenters. The van der Waals surface area contributed by atoms with Gasteiger partial charge < -0.3 is 4.90 Å². The summed E-state index contributed by atoms with van der Waals surface area (Å²) in [5.41, 5.74) is 2.87. The van der Waals surface area contributed by atoms with Crippen LogP contribution >= 0.6 is 22.7 Å². The number of pyridine rings is 1. The second-order valence-electron chi connectivity index (χ2n) is 5.24. The van der Waals surface area contributed by atoms with Crippen molar-refractivity contribution in [3.05, 3.63) is 57.5 Å². The largest absolute Gasteiger partial charge is 0.341 e. The van der Waals surface area contributed by atoms with Gasteiger partial charge in [0.2, 0.25) is 0 Å². The second kappa shape index (κ2) is 7.02. The number of amides is 1. The van der Waals surface area contributed by atoms with Crippen molar-refractivity contribution in [1.29, 1.82) is 0 Å². The number of carbonyl (C=O) groups excluding carboxylic acids is 1. The smallest absolute Gasteiger partial charge is 0.265 e. The monoisotopic (exact) mass is 343 g/mol. The Bertz CT molecular complexity index is 782. The summed E-state index contributed by atoms with van der Waals surface area (Å²) in [5.74, 6) is 0.0254. The lowest BCUT2D eigenvalue weighted by Gasteiger charge is -2.16. The van der Waals surface area contributed by atoms with Crippen LogP contribution in [0, 0.1) is 6.92 Å². The lowest BCUT2D eigenvalue weighted by molar-refractivity contribution is 0.0800. The Labute approximate surface area is 143 Å². The van der Waals surface area contributed by atoms with Crippen LogP contribution in [0.15, 0.2) is 41.2 Å². The Hall–Kier alpha value is -2.05. The molecule has 0 radical (unpaired) electrons. The number of nitrogens with zero attached hydrogens (tertiary/aromatic N) is 3. The molecular formula is C17H17N3OS2. The first-order chi connectivity index (χ1) is 11.1. The van der Waals surface area contributed by atoms with Gasteiger partial charge in [0.1, 0.15) is 9.88 Å². The van der Waals surface area contributed by atoms with Gasteiger partial charge in [-0.25, -0.2) is 4.98 Å². The van der Waals surface area contributed by atoms with E-state index >= 15 is 0 Å². The molecule has 3 aromatic rings. The molecule has 0 aliphatic rings. The Morgan fingerprint density at radius 3 is 2.87 bits per heavy atom. The first-order valence-electron chi connectivity index (χ1n) is 7.30. The van der Waals surface area contributed by atoms with E-state index in [1.807, 2.05) is 43.6 Å². The maximum atomic E-state index is 12.6. The Morgan fingerprint density at radius 2 is 2.17 bits per heavy atom. The van der Waals surface area contributed by atoms with Crippen LogP contribution in [0.25, 0.3) is 10.6 Å². The van der Waals surface area contributed by atoms with E-state index in [9.17, 15) is 4.79 Å². The molecule has 0 bridgehead atoms. The van der Waals surface area contributed by atoms with E-state index in [-0.39, 0.29) is 5.91 Å². The fourth-order valence-electron chi connectivity index (χ4n) is 2.21. The molecule has 4 nitrogen and oxygen atoms in total. The average Bonchev–Trinajstić information content (AvgIpc) is 3.22. The standard InChI is InChI=1S/C17H17N3OS2/c1-12-15(23-16(19-12)13-7-10-22-11-13)17(21)20(2)9-6-14-5-3-4-8-18-14/h3-5,7-8,10-11H,6,9H2,1-2H3. The third-order valence-electron chi connectivity index (χ3n) is 3.54. The minimum absolute atomic E-state index is 0.0254. The first-order valence-corrected chi connectivity index (χ1v) is 9.06. The minimum Gasteiger partial charge on any atom is -0.341 e. The highest BCUT2D eigenvalue weighted by Crippen LogP contribution is 2.30. The average molecular weight is 343 g/mol. The van der Waals surface area contributed by atoms with E-state index in [0.29, 0.717) is 6.54 Å². The number of hydrogen-bond donors (Lipinski definition) is 0. The fourth-order valence-corrected chi connectivity index (χ4v) is 3.98. The lowest BCUT2D eigenvalue weighted by Crippen LogP contribution is -2.28. The maximum Gasteiger partial charge on any atom is 0.265 e. The third kappa shape index (κ3) is 3.65. The normalized spacial score (nSPS) is 10.7. The minimum atomic E-state index is 0.0254. The fraction of sp³-hybridized carbons (Fsp3) is 0.235. The molecule has 1 amide bonds. The number of rotatable bonds is 5. The van der Waals surface area contributed by atoms with Crippen molar-refractivity contribution in [2.75, 3.05) is 13.6 Å². The number of aryl methyl sites for hydroxylation is 1. The first kappa shape index (κ1) is 15.8. The van der Waals surface area contributed by atoms with Gasteiger partial charge in [0.05, 0.1) is 5.69 Å². The Morgan fingerprint density at radius 1 is 1.30 bits per heavy atom. The van der Waals surface area contributed by atoms with Crippen molar-refractivity contribution < 1.29 is 4.79 Å². The predicted octanol–water partition coefficient (Wildman–Crippen LogP) is 3.89. The van der Waals surface area contributed by atoms with E-state index in [1.54, 1.807) is 22.4 Å². The topological polar surface area (TPSA) is 46.1 Å². The van der Waals surface area contributed by atoms with Crippen LogP contribution in [0.3, 0.4) is 0 Å². The molecule has 118 valence electrons. The molecule has 3 heterocycles. The van der Waals surface area contributed by atoms with Gasteiger partial charge in [-0.2, -0.15) is 11.3 Å². The molecule has 23 heavy (non-hydrogen) atoms. The summed E-state index contributed by atoms with van der Waals surface area (Å²) in [6, 6.07) is 7.86. The molecule has 0 aliphatic carbocycles. The van der Waals surface area contributed by atoms with Crippen LogP contribution in [-0.4, -0.2) is 34.4 Å². The Kier molecular flexibility index (Phi) is 4.83. The molecule has 0 aromatic carbocycles. The number of hydrogen-bond acceptors (Lipinski definition) is 5. The quantitative estimate of drug-likeness (QED) is 0.706. The number of likely N-dealkylation sites (N-methyl/N-ethyl adjacent to an activating group) is 1. The van der Waals surface area contributed by atoms with Gasteiger partial charge in [0.25, 0.3) is 5.91 Å². The highest BCUT2D eigenvalue weighted by atomic mass is 32.1. The van der Waals surface area contributed by atoms with Crippen molar-refractivity contribution >= 4 is 28.6 Å². The van der Waals surface area contributed by atoms with Gasteiger partial charge in [-0.3, -0.25) is 9.78 Å². The van der Waals surface area contributed by atoms with Gasteiger partial charge >= 0.3 is 0 Å². The highest BCUT2D eigenvalue weighted by molar-refractivity contribution is 7.17. The summed E-state index contributed by atoms with van der Waals surface area (Å²) in [6.45, 7) is 2.53. The van der Waals surface area contributed by atoms with E-state index in [1.165, 1.54) is 11.3 Å². The van der Waals surface area contributed by atoms with Crippen LogP contribution in [-0.2, 0) is 6.42 Å². The van der Waals surface area contributed by atoms with E-state index in [4.69, 9.17) is 0 Å². The van der Waals surface area contributed by atoms with Crippen molar-refractivity contribution in [3.8, 4) is 10.6 Å². The van der Waals surface area contributed by atoms with Gasteiger partial charge in [-0.15, -0.1) is 11.3 Å². The van der Waals surface area contributed by atoms with Crippen molar-refractivity contribution in [2.24, 2.45) is 0 Å². The van der Waals surface area contributed by atoms with E-state index in [2.05, 4.69) is 15.3 Å². The molecular weight excluding hydrogens is 326 g/mol. The van der Waals surface area contributed by atoms with Crippen LogP contribution in [0.4, 0.5) is 0 Å². The summed E-state index contributed by atoms with van der Waals surface area (Å²) in [5, 5.41) is 4.98. The zero-order valence-electron chi connectivity index (χ0n) is 13.0. The van der Waals surface area contributed by atoms with Gasteiger partial charge in [-0.05, 0) is 30.5 Å². The summed E-state index contributed by atoms with van der Waals surface area (Å²) in [4.78, 5) is 23.9. The second-order valence-corrected chi connectivity index (χ2v) is 7.02. The van der Waals surface area contributed by atoms with E-state index < -0.39 is 0 Å². The SMILES string of the molecule is Cc1nc(-c2ccsc2)sc1C(=O)N(C)CCc1ccccn1. The van der Waals surface area contributed by atoms with E-state index in [0.717, 1.165) is 33.3 Å². The molecule has 0 spiro atoms. The molecule has 6 heteroatoms. The molecule has 0 atom stereocenters. The van der Waals surface area contributed by atoms with Crippen molar-refractivity contribution in [1.82, 2.24) is 14.9 Å². The Balaban J connectivity index is 1.70. The predicted molar refractivity (Wildman–Crippen MR) is 95.1 cm³/mol. The molecule has 0 N–H and O–H groups in total. The maximum absolute atomic E-state index is 12.6. The highest BCUT2D eigenvalue weighted by Gasteiger charge is 2.19. The summed E-state index contributed by atoms with van der Waals surface area (Å²) in [6.07, 6.45) is 2.52. The van der Waals surface area contributed by atoms with Crippen molar-refractivity contribution in [3.63, 3.8) is 0 Å². The van der Waals surface area contributed by atoms with Crippen LogP contribution in [0.2, 0.25) is 0 Å². The number of carbonyl (C=O) groups is 1. The van der Waals surface area contributed by atoms with Crippen LogP contribution in [0.5, 0.6) is 0 Å². The third-order valence-corrected chi connectivity index (χ3v) is 5.41. The molecule has 3 rings (SSSR count). The number of thiazole rings is 1. The lowest BCUT2D eigenvalue weighted by atomic mass is 10.2. The van der Waals surface area contributed by atoms with Crippen LogP contribution in [0.1, 0.15) is 21.1 Å². The van der Waals surface area contributed by atoms with Crippen LogP contribution < -0.4 is 0 Å². The summed E-state index contributed by atoms with van der Waals surface area (Å²) in [7, 11) is 1.83. The number of thiophene rings is 1. The zero-order chi connectivity index (χ0) is 16.2. The van der Waals surface area contributed by atoms with Gasteiger partial charge in [-0.1, -0.05) is 6.07 Å². The van der Waals surface area contributed by atoms with Gasteiger partial charge in [0, 0.05) is 42.8 Å². The molecule has 0 fully saturated rings. The van der Waals surface area contributed by atoms with Gasteiger partial charge in [0.15, 0.2) is 0 Å².